The van der Waals surface area contributed by atoms with Gasteiger partial charge < -0.3 is 20.3 Å². The molecule has 0 aromatic heterocycles. The molecule has 0 radical (unpaired) electrons. The zero-order valence-corrected chi connectivity index (χ0v) is 23.8. The van der Waals surface area contributed by atoms with Crippen LogP contribution in [0.2, 0.25) is 0 Å². The quantitative estimate of drug-likeness (QED) is 0.387. The first-order valence-corrected chi connectivity index (χ1v) is 13.1. The lowest BCUT2D eigenvalue weighted by Crippen LogP contribution is -2.59. The van der Waals surface area contributed by atoms with Crippen LogP contribution in [0.25, 0.3) is 0 Å². The van der Waals surface area contributed by atoms with Crippen LogP contribution in [-0.2, 0) is 20.7 Å². The van der Waals surface area contributed by atoms with Crippen molar-refractivity contribution < 1.29 is 19.1 Å². The van der Waals surface area contributed by atoms with Crippen molar-refractivity contribution in [2.75, 3.05) is 5.75 Å². The van der Waals surface area contributed by atoms with Crippen molar-refractivity contribution in [3.05, 3.63) is 35.4 Å². The number of amides is 3. The first-order chi connectivity index (χ1) is 16.1. The van der Waals surface area contributed by atoms with E-state index in [1.54, 1.807) is 25.7 Å². The van der Waals surface area contributed by atoms with Crippen LogP contribution in [0.15, 0.2) is 24.3 Å². The number of hydrogen-bond acceptors (Lipinski definition) is 5. The van der Waals surface area contributed by atoms with Crippen molar-refractivity contribution in [3.63, 3.8) is 0 Å². The fraction of sp³-hybridized carbons (Fsp3) is 0.667. The van der Waals surface area contributed by atoms with Crippen LogP contribution in [0.5, 0.6) is 0 Å². The first kappa shape index (κ1) is 30.8. The highest BCUT2D eigenvalue weighted by Crippen LogP contribution is 2.30. The van der Waals surface area contributed by atoms with Crippen LogP contribution in [0.4, 0.5) is 4.79 Å². The summed E-state index contributed by atoms with van der Waals surface area (Å²) >= 11 is 4.33. The number of benzene rings is 1. The summed E-state index contributed by atoms with van der Waals surface area (Å²) in [5, 5.41) is 5.72. The van der Waals surface area contributed by atoms with Crippen molar-refractivity contribution in [1.82, 2.24) is 15.5 Å². The van der Waals surface area contributed by atoms with Crippen LogP contribution in [0, 0.1) is 0 Å². The Morgan fingerprint density at radius 3 is 2.00 bits per heavy atom. The Kier molecular flexibility index (Phi) is 11.6. The average Bonchev–Trinajstić information content (AvgIpc) is 2.73. The Morgan fingerprint density at radius 1 is 1.00 bits per heavy atom. The van der Waals surface area contributed by atoms with Crippen LogP contribution in [0.1, 0.15) is 92.3 Å². The lowest BCUT2D eigenvalue weighted by molar-refractivity contribution is -0.148. The molecule has 0 spiro atoms. The van der Waals surface area contributed by atoms with E-state index in [-0.39, 0.29) is 17.7 Å². The second kappa shape index (κ2) is 13.2. The number of nitrogens with one attached hydrogen (secondary N) is 2. The number of rotatable bonds is 10. The molecule has 3 atom stereocenters. The summed E-state index contributed by atoms with van der Waals surface area (Å²) in [6, 6.07) is 5.87. The molecule has 2 N–H and O–H groups in total. The van der Waals surface area contributed by atoms with Gasteiger partial charge in [0.1, 0.15) is 17.7 Å². The van der Waals surface area contributed by atoms with Crippen molar-refractivity contribution >= 4 is 30.5 Å². The van der Waals surface area contributed by atoms with Crippen molar-refractivity contribution in [3.8, 4) is 0 Å². The first-order valence-electron chi connectivity index (χ1n) is 12.5. The third-order valence-corrected chi connectivity index (χ3v) is 5.82. The molecular weight excluding hydrogens is 462 g/mol. The average molecular weight is 508 g/mol. The summed E-state index contributed by atoms with van der Waals surface area (Å²) in [6.07, 6.45) is 1.93. The fourth-order valence-corrected chi connectivity index (χ4v) is 4.08. The molecule has 35 heavy (non-hydrogen) atoms. The summed E-state index contributed by atoms with van der Waals surface area (Å²) < 4.78 is 5.35. The Morgan fingerprint density at radius 2 is 1.57 bits per heavy atom. The standard InChI is InChI=1S/C27H45N3O4S/c1-10-12-18(3)28-23(31)22(20-15-13-19(11-2)14-16-20)30(26(4,5)6)24(32)21(17-35)29-25(33)34-27(7,8)9/h13-16,18,21-22,35H,10-12,17H2,1-9H3,(H,28,31)(H,29,33). The highest BCUT2D eigenvalue weighted by atomic mass is 32.1. The predicted octanol–water partition coefficient (Wildman–Crippen LogP) is 5.05. The van der Waals surface area contributed by atoms with Gasteiger partial charge in [-0.25, -0.2) is 4.79 Å². The Labute approximate surface area is 217 Å². The molecule has 0 aliphatic rings. The lowest BCUT2D eigenvalue weighted by atomic mass is 9.94. The maximum atomic E-state index is 13.9. The Balaban J connectivity index is 3.47. The largest absolute Gasteiger partial charge is 0.444 e. The number of aryl methyl sites for hydroxylation is 1. The van der Waals surface area contributed by atoms with Gasteiger partial charge in [0.25, 0.3) is 0 Å². The van der Waals surface area contributed by atoms with Gasteiger partial charge in [-0.05, 0) is 72.4 Å². The van der Waals surface area contributed by atoms with E-state index in [1.807, 2.05) is 52.0 Å². The number of nitrogens with zero attached hydrogens (tertiary/aromatic N) is 1. The molecule has 3 amide bonds. The van der Waals surface area contributed by atoms with Gasteiger partial charge in [0.15, 0.2) is 0 Å². The molecular formula is C27H45N3O4S. The van der Waals surface area contributed by atoms with Crippen LogP contribution >= 0.6 is 12.6 Å². The summed E-state index contributed by atoms with van der Waals surface area (Å²) in [5.41, 5.74) is 0.409. The number of alkyl carbamates (subject to hydrolysis) is 1. The normalized spacial score (nSPS) is 14.5. The van der Waals surface area contributed by atoms with E-state index in [9.17, 15) is 14.4 Å². The van der Waals surface area contributed by atoms with Gasteiger partial charge in [0.2, 0.25) is 11.8 Å². The van der Waals surface area contributed by atoms with E-state index in [1.165, 1.54) is 0 Å². The van der Waals surface area contributed by atoms with E-state index in [0.717, 1.165) is 24.8 Å². The maximum Gasteiger partial charge on any atom is 0.408 e. The molecule has 1 aromatic rings. The number of carbonyl (C=O) groups is 3. The van der Waals surface area contributed by atoms with E-state index in [2.05, 4.69) is 37.1 Å². The minimum atomic E-state index is -0.967. The van der Waals surface area contributed by atoms with Gasteiger partial charge in [-0.15, -0.1) is 0 Å². The number of thiol groups is 1. The molecule has 198 valence electrons. The molecule has 7 nitrogen and oxygen atoms in total. The molecule has 0 bridgehead atoms. The second-order valence-electron chi connectivity index (χ2n) is 11.0. The highest BCUT2D eigenvalue weighted by molar-refractivity contribution is 7.80. The smallest absolute Gasteiger partial charge is 0.408 e. The van der Waals surface area contributed by atoms with Gasteiger partial charge >= 0.3 is 6.09 Å². The van der Waals surface area contributed by atoms with Gasteiger partial charge in [-0.3, -0.25) is 9.59 Å². The lowest BCUT2D eigenvalue weighted by Gasteiger charge is -2.43. The van der Waals surface area contributed by atoms with E-state index in [4.69, 9.17) is 4.74 Å². The number of ether oxygens (including phenoxy) is 1. The van der Waals surface area contributed by atoms with Gasteiger partial charge in [0.05, 0.1) is 0 Å². The summed E-state index contributed by atoms with van der Waals surface area (Å²) in [7, 11) is 0. The molecule has 0 aliphatic heterocycles. The Bertz CT molecular complexity index is 843. The third kappa shape index (κ3) is 9.74. The predicted molar refractivity (Wildman–Crippen MR) is 145 cm³/mol. The van der Waals surface area contributed by atoms with Gasteiger partial charge in [0, 0.05) is 17.3 Å². The van der Waals surface area contributed by atoms with Gasteiger partial charge in [-0.2, -0.15) is 12.6 Å². The zero-order chi connectivity index (χ0) is 27.0. The molecule has 0 heterocycles. The summed E-state index contributed by atoms with van der Waals surface area (Å²) in [4.78, 5) is 41.6. The summed E-state index contributed by atoms with van der Waals surface area (Å²) in [6.45, 7) is 17.0. The molecule has 0 fully saturated rings. The van der Waals surface area contributed by atoms with Gasteiger partial charge in [-0.1, -0.05) is 44.5 Å². The fourth-order valence-electron chi connectivity index (χ4n) is 3.83. The zero-order valence-electron chi connectivity index (χ0n) is 22.9. The SMILES string of the molecule is CCCC(C)NC(=O)C(c1ccc(CC)cc1)N(C(=O)C(CS)NC(=O)OC(C)(C)C)C(C)(C)C. The molecule has 8 heteroatoms. The number of hydrogen-bond donors (Lipinski definition) is 3. The Hall–Kier alpha value is -2.22. The topological polar surface area (TPSA) is 87.7 Å². The monoisotopic (exact) mass is 507 g/mol. The molecule has 0 saturated heterocycles. The minimum absolute atomic E-state index is 0.0394. The van der Waals surface area contributed by atoms with Crippen LogP contribution in [0.3, 0.4) is 0 Å². The molecule has 3 unspecified atom stereocenters. The van der Waals surface area contributed by atoms with Crippen molar-refractivity contribution in [1.29, 1.82) is 0 Å². The van der Waals surface area contributed by atoms with Crippen molar-refractivity contribution in [2.45, 2.75) is 111 Å². The van der Waals surface area contributed by atoms with E-state index < -0.39 is 35.2 Å². The molecule has 0 aliphatic carbocycles. The molecule has 1 aromatic carbocycles. The molecule has 0 saturated carbocycles. The maximum absolute atomic E-state index is 13.9. The summed E-state index contributed by atoms with van der Waals surface area (Å²) in [5.74, 6) is -0.602. The van der Waals surface area contributed by atoms with Crippen molar-refractivity contribution in [2.24, 2.45) is 0 Å². The third-order valence-electron chi connectivity index (χ3n) is 5.45. The van der Waals surface area contributed by atoms with Crippen LogP contribution < -0.4 is 10.6 Å². The van der Waals surface area contributed by atoms with E-state index >= 15 is 0 Å². The minimum Gasteiger partial charge on any atom is -0.444 e. The van der Waals surface area contributed by atoms with Crippen LogP contribution in [-0.4, -0.2) is 51.8 Å². The second-order valence-corrected chi connectivity index (χ2v) is 11.3. The number of carbonyl (C=O) groups excluding carboxylic acids is 3. The highest BCUT2D eigenvalue weighted by Gasteiger charge is 2.41. The molecule has 1 rings (SSSR count). The van der Waals surface area contributed by atoms with E-state index in [0.29, 0.717) is 5.56 Å².